The van der Waals surface area contributed by atoms with Gasteiger partial charge in [-0.2, -0.15) is 0 Å². The first-order valence-corrected chi connectivity index (χ1v) is 9.34. The van der Waals surface area contributed by atoms with Crippen molar-refractivity contribution in [1.29, 1.82) is 0 Å². The van der Waals surface area contributed by atoms with Gasteiger partial charge in [-0.15, -0.1) is 11.3 Å². The van der Waals surface area contributed by atoms with Crippen LogP contribution in [0.15, 0.2) is 5.51 Å². The highest BCUT2D eigenvalue weighted by Gasteiger charge is 2.28. The summed E-state index contributed by atoms with van der Waals surface area (Å²) in [4.78, 5) is 42.5. The Bertz CT molecular complexity index is 625. The van der Waals surface area contributed by atoms with Crippen LogP contribution in [-0.4, -0.2) is 59.4 Å². The molecule has 0 saturated carbocycles. The summed E-state index contributed by atoms with van der Waals surface area (Å²) in [6.07, 6.45) is 1.53. The van der Waals surface area contributed by atoms with Crippen LogP contribution < -0.4 is 16.0 Å². The van der Waals surface area contributed by atoms with E-state index in [0.717, 1.165) is 18.5 Å². The molecule has 3 N–H and O–H groups in total. The molecule has 1 aromatic heterocycles. The molecule has 138 valence electrons. The zero-order valence-electron chi connectivity index (χ0n) is 14.8. The molecule has 4 amide bonds. The fourth-order valence-electron chi connectivity index (χ4n) is 2.79. The van der Waals surface area contributed by atoms with Gasteiger partial charge in [0, 0.05) is 25.7 Å². The van der Waals surface area contributed by atoms with Gasteiger partial charge in [0.1, 0.15) is 4.88 Å². The zero-order valence-corrected chi connectivity index (χ0v) is 15.6. The van der Waals surface area contributed by atoms with Crippen molar-refractivity contribution < 1.29 is 14.4 Å². The molecule has 0 bridgehead atoms. The standard InChI is InChI=1S/C16H25N5O3S/c1-4-17-16(24)20-14(22)11(3)21-7-5-12(6-8-21)19-15(23)13-10(2)18-9-25-13/h9,11-12H,4-8H2,1-3H3,(H,19,23)(H2,17,20,22,24)/t11-/m0/s1. The van der Waals surface area contributed by atoms with Gasteiger partial charge in [0.15, 0.2) is 0 Å². The van der Waals surface area contributed by atoms with Gasteiger partial charge in [0.2, 0.25) is 5.91 Å². The number of nitrogens with zero attached hydrogens (tertiary/aromatic N) is 2. The predicted octanol–water partition coefficient (Wildman–Crippen LogP) is 0.880. The second-order valence-corrected chi connectivity index (χ2v) is 6.93. The number of hydrogen-bond acceptors (Lipinski definition) is 6. The molecule has 1 saturated heterocycles. The van der Waals surface area contributed by atoms with Crippen molar-refractivity contribution in [3.63, 3.8) is 0 Å². The van der Waals surface area contributed by atoms with Gasteiger partial charge in [-0.25, -0.2) is 9.78 Å². The van der Waals surface area contributed by atoms with Crippen LogP contribution in [-0.2, 0) is 4.79 Å². The van der Waals surface area contributed by atoms with E-state index in [9.17, 15) is 14.4 Å². The lowest BCUT2D eigenvalue weighted by atomic mass is 10.0. The maximum absolute atomic E-state index is 12.2. The number of urea groups is 1. The maximum Gasteiger partial charge on any atom is 0.321 e. The Morgan fingerprint density at radius 3 is 2.60 bits per heavy atom. The lowest BCUT2D eigenvalue weighted by Gasteiger charge is -2.35. The second kappa shape index (κ2) is 8.91. The number of hydrogen-bond donors (Lipinski definition) is 3. The SMILES string of the molecule is CCNC(=O)NC(=O)[C@H](C)N1CCC(NC(=O)c2scnc2C)CC1. The lowest BCUT2D eigenvalue weighted by Crippen LogP contribution is -2.53. The lowest BCUT2D eigenvalue weighted by molar-refractivity contribution is -0.125. The largest absolute Gasteiger partial charge is 0.348 e. The topological polar surface area (TPSA) is 103 Å². The van der Waals surface area contributed by atoms with Crippen LogP contribution in [0.5, 0.6) is 0 Å². The summed E-state index contributed by atoms with van der Waals surface area (Å²) in [6, 6.07) is -0.770. The molecule has 1 atom stereocenters. The van der Waals surface area contributed by atoms with Crippen LogP contribution in [0.1, 0.15) is 42.1 Å². The van der Waals surface area contributed by atoms with Crippen molar-refractivity contribution in [3.05, 3.63) is 16.1 Å². The van der Waals surface area contributed by atoms with Gasteiger partial charge < -0.3 is 10.6 Å². The van der Waals surface area contributed by atoms with E-state index < -0.39 is 6.03 Å². The first-order chi connectivity index (χ1) is 11.9. The molecule has 9 heteroatoms. The summed E-state index contributed by atoms with van der Waals surface area (Å²) in [5.74, 6) is -0.394. The Hall–Kier alpha value is -2.00. The second-order valence-electron chi connectivity index (χ2n) is 6.08. The molecule has 2 heterocycles. The normalized spacial score (nSPS) is 16.9. The van der Waals surface area contributed by atoms with E-state index in [1.807, 2.05) is 11.8 Å². The van der Waals surface area contributed by atoms with Crippen molar-refractivity contribution in [2.24, 2.45) is 0 Å². The number of carbonyl (C=O) groups excluding carboxylic acids is 3. The Kier molecular flexibility index (Phi) is 6.89. The molecule has 0 aromatic carbocycles. The summed E-state index contributed by atoms with van der Waals surface area (Å²) in [7, 11) is 0. The summed E-state index contributed by atoms with van der Waals surface area (Å²) < 4.78 is 0. The number of rotatable bonds is 5. The van der Waals surface area contributed by atoms with Crippen LogP contribution in [0, 0.1) is 6.92 Å². The van der Waals surface area contributed by atoms with E-state index in [2.05, 4.69) is 20.9 Å². The summed E-state index contributed by atoms with van der Waals surface area (Å²) in [6.45, 7) is 7.25. The summed E-state index contributed by atoms with van der Waals surface area (Å²) in [5, 5.41) is 7.92. The Morgan fingerprint density at radius 2 is 2.04 bits per heavy atom. The average Bonchev–Trinajstić information content (AvgIpc) is 3.01. The third-order valence-electron chi connectivity index (χ3n) is 4.32. The smallest absolute Gasteiger partial charge is 0.321 e. The van der Waals surface area contributed by atoms with Crippen LogP contribution in [0.2, 0.25) is 0 Å². The molecule has 0 aliphatic carbocycles. The highest BCUT2D eigenvalue weighted by molar-refractivity contribution is 7.11. The number of carbonyl (C=O) groups is 3. The maximum atomic E-state index is 12.2. The number of amides is 4. The zero-order chi connectivity index (χ0) is 18.4. The van der Waals surface area contributed by atoms with E-state index in [1.54, 1.807) is 19.4 Å². The van der Waals surface area contributed by atoms with Gasteiger partial charge >= 0.3 is 6.03 Å². The van der Waals surface area contributed by atoms with Gasteiger partial charge in [-0.1, -0.05) is 0 Å². The van der Waals surface area contributed by atoms with E-state index >= 15 is 0 Å². The van der Waals surface area contributed by atoms with Crippen LogP contribution in [0.25, 0.3) is 0 Å². The Labute approximate surface area is 151 Å². The summed E-state index contributed by atoms with van der Waals surface area (Å²) in [5.41, 5.74) is 2.41. The number of likely N-dealkylation sites (tertiary alicyclic amines) is 1. The molecular formula is C16H25N5O3S. The number of aryl methyl sites for hydroxylation is 1. The van der Waals surface area contributed by atoms with Crippen LogP contribution in [0.3, 0.4) is 0 Å². The first-order valence-electron chi connectivity index (χ1n) is 8.46. The molecule has 0 radical (unpaired) electrons. The molecule has 25 heavy (non-hydrogen) atoms. The minimum absolute atomic E-state index is 0.0829. The molecule has 1 aliphatic heterocycles. The Morgan fingerprint density at radius 1 is 1.36 bits per heavy atom. The van der Waals surface area contributed by atoms with E-state index in [0.29, 0.717) is 24.5 Å². The molecule has 2 rings (SSSR count). The van der Waals surface area contributed by atoms with Crippen molar-refractivity contribution >= 4 is 29.2 Å². The number of imide groups is 1. The van der Waals surface area contributed by atoms with Crippen molar-refractivity contribution in [2.45, 2.75) is 45.7 Å². The third-order valence-corrected chi connectivity index (χ3v) is 5.25. The molecule has 0 unspecified atom stereocenters. The average molecular weight is 367 g/mol. The molecule has 0 spiro atoms. The fraction of sp³-hybridized carbons (Fsp3) is 0.625. The van der Waals surface area contributed by atoms with E-state index in [4.69, 9.17) is 0 Å². The first kappa shape index (κ1) is 19.3. The van der Waals surface area contributed by atoms with Gasteiger partial charge in [0.25, 0.3) is 5.91 Å². The molecule has 1 aromatic rings. The van der Waals surface area contributed by atoms with Crippen molar-refractivity contribution in [2.75, 3.05) is 19.6 Å². The van der Waals surface area contributed by atoms with Crippen LogP contribution in [0.4, 0.5) is 4.79 Å². The molecule has 1 aliphatic rings. The molecule has 1 fully saturated rings. The van der Waals surface area contributed by atoms with Gasteiger partial charge in [-0.05, 0) is 33.6 Å². The fourth-order valence-corrected chi connectivity index (χ4v) is 3.49. The number of piperidine rings is 1. The number of nitrogens with one attached hydrogen (secondary N) is 3. The number of thiazole rings is 1. The quantitative estimate of drug-likeness (QED) is 0.717. The van der Waals surface area contributed by atoms with E-state index in [1.165, 1.54) is 11.3 Å². The van der Waals surface area contributed by atoms with Crippen molar-refractivity contribution in [1.82, 2.24) is 25.8 Å². The van der Waals surface area contributed by atoms with Gasteiger partial charge in [0.05, 0.1) is 17.2 Å². The third kappa shape index (κ3) is 5.23. The van der Waals surface area contributed by atoms with Crippen LogP contribution >= 0.6 is 11.3 Å². The Balaban J connectivity index is 1.79. The minimum Gasteiger partial charge on any atom is -0.348 e. The molecular weight excluding hydrogens is 342 g/mol. The predicted molar refractivity (Wildman–Crippen MR) is 95.6 cm³/mol. The van der Waals surface area contributed by atoms with E-state index in [-0.39, 0.29) is 23.9 Å². The highest BCUT2D eigenvalue weighted by Crippen LogP contribution is 2.16. The minimum atomic E-state index is -0.471. The molecule has 8 nitrogen and oxygen atoms in total. The highest BCUT2D eigenvalue weighted by atomic mass is 32.1. The van der Waals surface area contributed by atoms with Crippen molar-refractivity contribution in [3.8, 4) is 0 Å². The number of aromatic nitrogens is 1. The summed E-state index contributed by atoms with van der Waals surface area (Å²) >= 11 is 1.34. The van der Waals surface area contributed by atoms with Gasteiger partial charge in [-0.3, -0.25) is 19.8 Å². The monoisotopic (exact) mass is 367 g/mol.